The summed E-state index contributed by atoms with van der Waals surface area (Å²) in [4.78, 5) is 17.5. The molecule has 0 aromatic heterocycles. The molecule has 0 spiro atoms. The Bertz CT molecular complexity index is 1060. The standard InChI is InChI=1S/C25H36N4O4S/c1-5-27-14-16-28(17-15-27)24-13-12-22(34(31,32)29(6-2)7-3)18-23(24)26-25(30)19-33-21-10-8-20(4)9-11-21/h8-13,18H,5-7,14-17,19H2,1-4H3,(H,26,30). The molecule has 0 saturated carbocycles. The number of amides is 1. The molecule has 1 aliphatic heterocycles. The lowest BCUT2D eigenvalue weighted by atomic mass is 10.2. The Labute approximate surface area is 203 Å². The van der Waals surface area contributed by atoms with E-state index in [4.69, 9.17) is 4.74 Å². The number of rotatable bonds is 10. The molecule has 34 heavy (non-hydrogen) atoms. The van der Waals surface area contributed by atoms with E-state index in [0.717, 1.165) is 44.0 Å². The number of sulfonamides is 1. The molecule has 1 N–H and O–H groups in total. The molecule has 2 aromatic rings. The Hall–Kier alpha value is -2.62. The lowest BCUT2D eigenvalue weighted by Gasteiger charge is -2.36. The van der Waals surface area contributed by atoms with E-state index in [9.17, 15) is 13.2 Å². The van der Waals surface area contributed by atoms with Crippen molar-refractivity contribution in [3.63, 3.8) is 0 Å². The van der Waals surface area contributed by atoms with Gasteiger partial charge in [0.15, 0.2) is 6.61 Å². The van der Waals surface area contributed by atoms with Crippen LogP contribution in [0, 0.1) is 6.92 Å². The van der Waals surface area contributed by atoms with Crippen LogP contribution in [0.1, 0.15) is 26.3 Å². The van der Waals surface area contributed by atoms with Crippen LogP contribution < -0.4 is 15.0 Å². The first-order valence-corrected chi connectivity index (χ1v) is 13.3. The van der Waals surface area contributed by atoms with Crippen molar-refractivity contribution >= 4 is 27.3 Å². The van der Waals surface area contributed by atoms with E-state index < -0.39 is 10.0 Å². The van der Waals surface area contributed by atoms with E-state index in [1.165, 1.54) is 4.31 Å². The lowest BCUT2D eigenvalue weighted by molar-refractivity contribution is -0.118. The SMILES string of the molecule is CCN1CCN(c2ccc(S(=O)(=O)N(CC)CC)cc2NC(=O)COc2ccc(C)cc2)CC1. The zero-order valence-corrected chi connectivity index (χ0v) is 21.4. The van der Waals surface area contributed by atoms with Crippen LogP contribution in [-0.4, -0.2) is 76.0 Å². The molecule has 1 amide bonds. The number of nitrogens with zero attached hydrogens (tertiary/aromatic N) is 3. The smallest absolute Gasteiger partial charge is 0.262 e. The van der Waals surface area contributed by atoms with Gasteiger partial charge in [-0.15, -0.1) is 0 Å². The van der Waals surface area contributed by atoms with Crippen LogP contribution in [0.5, 0.6) is 5.75 Å². The Morgan fingerprint density at radius 2 is 1.65 bits per heavy atom. The minimum absolute atomic E-state index is 0.168. The third-order valence-electron chi connectivity index (χ3n) is 6.14. The largest absolute Gasteiger partial charge is 0.484 e. The predicted molar refractivity (Wildman–Crippen MR) is 136 cm³/mol. The van der Waals surface area contributed by atoms with Crippen LogP contribution in [0.3, 0.4) is 0 Å². The van der Waals surface area contributed by atoms with Gasteiger partial charge in [0, 0.05) is 39.3 Å². The van der Waals surface area contributed by atoms with Crippen molar-refractivity contribution < 1.29 is 17.9 Å². The molecule has 1 fully saturated rings. The highest BCUT2D eigenvalue weighted by atomic mass is 32.2. The topological polar surface area (TPSA) is 82.2 Å². The summed E-state index contributed by atoms with van der Waals surface area (Å²) in [6, 6.07) is 12.5. The molecular formula is C25H36N4O4S. The van der Waals surface area contributed by atoms with Crippen molar-refractivity contribution in [2.24, 2.45) is 0 Å². The predicted octanol–water partition coefficient (Wildman–Crippen LogP) is 3.18. The van der Waals surface area contributed by atoms with Gasteiger partial charge >= 0.3 is 0 Å². The summed E-state index contributed by atoms with van der Waals surface area (Å²) in [5.74, 6) is 0.265. The van der Waals surface area contributed by atoms with Crippen molar-refractivity contribution in [3.05, 3.63) is 48.0 Å². The van der Waals surface area contributed by atoms with Gasteiger partial charge in [-0.2, -0.15) is 4.31 Å². The second-order valence-electron chi connectivity index (χ2n) is 8.34. The summed E-state index contributed by atoms with van der Waals surface area (Å²) >= 11 is 0. The van der Waals surface area contributed by atoms with Crippen LogP contribution in [0.2, 0.25) is 0 Å². The summed E-state index contributed by atoms with van der Waals surface area (Å²) in [6.45, 7) is 12.8. The lowest BCUT2D eigenvalue weighted by Crippen LogP contribution is -2.46. The van der Waals surface area contributed by atoms with E-state index >= 15 is 0 Å². The van der Waals surface area contributed by atoms with Crippen molar-refractivity contribution in [2.75, 3.05) is 62.6 Å². The van der Waals surface area contributed by atoms with Gasteiger partial charge in [0.1, 0.15) is 5.75 Å². The van der Waals surface area contributed by atoms with E-state index in [1.807, 2.05) is 45.0 Å². The number of anilines is 2. The highest BCUT2D eigenvalue weighted by Gasteiger charge is 2.25. The molecule has 9 heteroatoms. The molecule has 1 aliphatic rings. The van der Waals surface area contributed by atoms with Gasteiger partial charge in [0.05, 0.1) is 16.3 Å². The van der Waals surface area contributed by atoms with E-state index in [1.54, 1.807) is 18.2 Å². The summed E-state index contributed by atoms with van der Waals surface area (Å²) in [5, 5.41) is 2.90. The zero-order valence-electron chi connectivity index (χ0n) is 20.6. The number of nitrogens with one attached hydrogen (secondary N) is 1. The molecule has 3 rings (SSSR count). The third kappa shape index (κ3) is 6.28. The highest BCUT2D eigenvalue weighted by molar-refractivity contribution is 7.89. The van der Waals surface area contributed by atoms with Gasteiger partial charge in [0.2, 0.25) is 10.0 Å². The van der Waals surface area contributed by atoms with Crippen LogP contribution in [-0.2, 0) is 14.8 Å². The maximum Gasteiger partial charge on any atom is 0.262 e. The first-order chi connectivity index (χ1) is 16.3. The Morgan fingerprint density at radius 1 is 1.00 bits per heavy atom. The summed E-state index contributed by atoms with van der Waals surface area (Å²) < 4.78 is 33.2. The number of carbonyl (C=O) groups excluding carboxylic acids is 1. The number of likely N-dealkylation sites (N-methyl/N-ethyl adjacent to an activating group) is 1. The third-order valence-corrected chi connectivity index (χ3v) is 8.18. The van der Waals surface area contributed by atoms with E-state index in [-0.39, 0.29) is 17.4 Å². The minimum atomic E-state index is -3.66. The first-order valence-electron chi connectivity index (χ1n) is 11.9. The molecule has 186 valence electrons. The fraction of sp³-hybridized carbons (Fsp3) is 0.480. The van der Waals surface area contributed by atoms with Gasteiger partial charge in [-0.05, 0) is 43.8 Å². The summed E-state index contributed by atoms with van der Waals surface area (Å²) in [6.07, 6.45) is 0. The van der Waals surface area contributed by atoms with Crippen molar-refractivity contribution in [1.29, 1.82) is 0 Å². The van der Waals surface area contributed by atoms with Crippen molar-refractivity contribution in [2.45, 2.75) is 32.6 Å². The quantitative estimate of drug-likeness (QED) is 0.553. The number of hydrogen-bond donors (Lipinski definition) is 1. The summed E-state index contributed by atoms with van der Waals surface area (Å²) in [5.41, 5.74) is 2.41. The van der Waals surface area contributed by atoms with Crippen LogP contribution in [0.15, 0.2) is 47.4 Å². The number of aryl methyl sites for hydroxylation is 1. The van der Waals surface area contributed by atoms with Gasteiger partial charge in [0.25, 0.3) is 5.91 Å². The normalized spacial score (nSPS) is 14.9. The Morgan fingerprint density at radius 3 is 2.24 bits per heavy atom. The van der Waals surface area contributed by atoms with E-state index in [0.29, 0.717) is 24.5 Å². The monoisotopic (exact) mass is 488 g/mol. The Balaban J connectivity index is 1.84. The van der Waals surface area contributed by atoms with E-state index in [2.05, 4.69) is 22.0 Å². The Kier molecular flexibility index (Phi) is 8.93. The van der Waals surface area contributed by atoms with Gasteiger partial charge in [-0.25, -0.2) is 8.42 Å². The molecule has 0 atom stereocenters. The molecule has 1 saturated heterocycles. The molecule has 2 aromatic carbocycles. The van der Waals surface area contributed by atoms with Crippen LogP contribution in [0.4, 0.5) is 11.4 Å². The molecule has 0 aliphatic carbocycles. The molecule has 1 heterocycles. The number of piperazine rings is 1. The molecular weight excluding hydrogens is 452 g/mol. The fourth-order valence-electron chi connectivity index (χ4n) is 4.04. The molecule has 0 radical (unpaired) electrons. The number of ether oxygens (including phenoxy) is 1. The average Bonchev–Trinajstić information content (AvgIpc) is 2.84. The first kappa shape index (κ1) is 26.0. The van der Waals surface area contributed by atoms with Crippen molar-refractivity contribution in [3.8, 4) is 5.75 Å². The van der Waals surface area contributed by atoms with Crippen LogP contribution in [0.25, 0.3) is 0 Å². The second kappa shape index (κ2) is 11.7. The maximum atomic E-state index is 13.1. The number of hydrogen-bond acceptors (Lipinski definition) is 6. The zero-order chi connectivity index (χ0) is 24.7. The molecule has 8 nitrogen and oxygen atoms in total. The maximum absolute atomic E-state index is 13.1. The summed E-state index contributed by atoms with van der Waals surface area (Å²) in [7, 11) is -3.66. The van der Waals surface area contributed by atoms with Gasteiger partial charge in [-0.3, -0.25) is 4.79 Å². The fourth-order valence-corrected chi connectivity index (χ4v) is 5.52. The second-order valence-corrected chi connectivity index (χ2v) is 10.3. The van der Waals surface area contributed by atoms with Gasteiger partial charge in [-0.1, -0.05) is 38.5 Å². The number of benzene rings is 2. The molecule has 0 unspecified atom stereocenters. The minimum Gasteiger partial charge on any atom is -0.484 e. The number of carbonyl (C=O) groups is 1. The van der Waals surface area contributed by atoms with Crippen LogP contribution >= 0.6 is 0 Å². The molecule has 0 bridgehead atoms. The van der Waals surface area contributed by atoms with Crippen molar-refractivity contribution in [1.82, 2.24) is 9.21 Å². The highest BCUT2D eigenvalue weighted by Crippen LogP contribution is 2.31. The average molecular weight is 489 g/mol. The van der Waals surface area contributed by atoms with Gasteiger partial charge < -0.3 is 19.9 Å².